The fraction of sp³-hybridized carbons (Fsp3) is 0.565. The van der Waals surface area contributed by atoms with Crippen LogP contribution in [0.3, 0.4) is 0 Å². The molecule has 1 saturated carbocycles. The van der Waals surface area contributed by atoms with Gasteiger partial charge in [-0.15, -0.1) is 0 Å². The SMILES string of the molecule is CC1OCCC1N1CCC(c2cc3cc(NC(=O)C4CC4)ncc3cc2Cl)CC1. The van der Waals surface area contributed by atoms with Crippen LogP contribution in [0.1, 0.15) is 50.5 Å². The zero-order valence-corrected chi connectivity index (χ0v) is 17.6. The first-order chi connectivity index (χ1) is 14.1. The summed E-state index contributed by atoms with van der Waals surface area (Å²) in [7, 11) is 0. The van der Waals surface area contributed by atoms with Gasteiger partial charge in [-0.25, -0.2) is 4.98 Å². The second-order valence-corrected chi connectivity index (χ2v) is 9.20. The van der Waals surface area contributed by atoms with Gasteiger partial charge in [0.1, 0.15) is 5.82 Å². The molecule has 2 saturated heterocycles. The highest BCUT2D eigenvalue weighted by atomic mass is 35.5. The number of hydrogen-bond donors (Lipinski definition) is 1. The van der Waals surface area contributed by atoms with Crippen molar-refractivity contribution in [1.82, 2.24) is 9.88 Å². The molecule has 2 aromatic rings. The van der Waals surface area contributed by atoms with Gasteiger partial charge in [0.25, 0.3) is 0 Å². The quantitative estimate of drug-likeness (QED) is 0.796. The molecule has 2 unspecified atom stereocenters. The number of pyridine rings is 1. The highest BCUT2D eigenvalue weighted by molar-refractivity contribution is 6.32. The van der Waals surface area contributed by atoms with E-state index in [0.29, 0.717) is 23.9 Å². The number of carbonyl (C=O) groups excluding carboxylic acids is 1. The summed E-state index contributed by atoms with van der Waals surface area (Å²) in [6.07, 6.45) is 7.50. The lowest BCUT2D eigenvalue weighted by atomic mass is 9.87. The van der Waals surface area contributed by atoms with Gasteiger partial charge in [-0.1, -0.05) is 11.6 Å². The zero-order valence-electron chi connectivity index (χ0n) is 16.9. The third kappa shape index (κ3) is 4.00. The third-order valence-electron chi connectivity index (χ3n) is 6.81. The van der Waals surface area contributed by atoms with Crippen LogP contribution in [0.5, 0.6) is 0 Å². The van der Waals surface area contributed by atoms with Crippen molar-refractivity contribution in [2.75, 3.05) is 25.0 Å². The van der Waals surface area contributed by atoms with Crippen molar-refractivity contribution in [3.8, 4) is 0 Å². The summed E-state index contributed by atoms with van der Waals surface area (Å²) in [6.45, 7) is 5.26. The summed E-state index contributed by atoms with van der Waals surface area (Å²) in [5.74, 6) is 1.36. The van der Waals surface area contributed by atoms with Crippen LogP contribution in [0.25, 0.3) is 10.8 Å². The van der Waals surface area contributed by atoms with Crippen LogP contribution in [-0.2, 0) is 9.53 Å². The van der Waals surface area contributed by atoms with Crippen molar-refractivity contribution >= 4 is 34.1 Å². The third-order valence-corrected chi connectivity index (χ3v) is 7.14. The highest BCUT2D eigenvalue weighted by Crippen LogP contribution is 2.37. The first-order valence-corrected chi connectivity index (χ1v) is 11.2. The average Bonchev–Trinajstić information content (AvgIpc) is 3.49. The topological polar surface area (TPSA) is 54.5 Å². The van der Waals surface area contributed by atoms with Crippen LogP contribution >= 0.6 is 11.6 Å². The Morgan fingerprint density at radius 2 is 1.93 bits per heavy atom. The van der Waals surface area contributed by atoms with Crippen LogP contribution in [-0.4, -0.2) is 47.6 Å². The van der Waals surface area contributed by atoms with Gasteiger partial charge >= 0.3 is 0 Å². The number of halogens is 1. The first kappa shape index (κ1) is 19.3. The molecular formula is C23H28ClN3O2. The molecule has 2 aliphatic heterocycles. The maximum atomic E-state index is 12.1. The number of nitrogens with zero attached hydrogens (tertiary/aromatic N) is 2. The van der Waals surface area contributed by atoms with E-state index in [1.165, 1.54) is 5.56 Å². The van der Waals surface area contributed by atoms with Gasteiger partial charge in [-0.05, 0) is 87.2 Å². The van der Waals surface area contributed by atoms with Crippen molar-refractivity contribution in [2.24, 2.45) is 5.92 Å². The van der Waals surface area contributed by atoms with Crippen LogP contribution < -0.4 is 5.32 Å². The summed E-state index contributed by atoms with van der Waals surface area (Å²) < 4.78 is 5.76. The lowest BCUT2D eigenvalue weighted by Gasteiger charge is -2.37. The molecule has 0 radical (unpaired) electrons. The van der Waals surface area contributed by atoms with Crippen LogP contribution in [0.4, 0.5) is 5.82 Å². The van der Waals surface area contributed by atoms with Gasteiger partial charge < -0.3 is 10.1 Å². The van der Waals surface area contributed by atoms with Gasteiger partial charge in [0.05, 0.1) is 6.10 Å². The molecule has 1 amide bonds. The normalized spacial score (nSPS) is 26.1. The molecule has 29 heavy (non-hydrogen) atoms. The van der Waals surface area contributed by atoms with Gasteiger partial charge in [0, 0.05) is 35.2 Å². The molecule has 1 aromatic heterocycles. The monoisotopic (exact) mass is 413 g/mol. The summed E-state index contributed by atoms with van der Waals surface area (Å²) in [4.78, 5) is 19.0. The second-order valence-electron chi connectivity index (χ2n) is 8.80. The van der Waals surface area contributed by atoms with E-state index >= 15 is 0 Å². The Morgan fingerprint density at radius 3 is 2.62 bits per heavy atom. The molecule has 0 spiro atoms. The van der Waals surface area contributed by atoms with Crippen LogP contribution in [0.2, 0.25) is 5.02 Å². The Hall–Kier alpha value is -1.69. The smallest absolute Gasteiger partial charge is 0.228 e. The molecule has 1 aromatic carbocycles. The Balaban J connectivity index is 1.32. The number of amides is 1. The van der Waals surface area contributed by atoms with Gasteiger partial charge in [-0.3, -0.25) is 9.69 Å². The van der Waals surface area contributed by atoms with E-state index in [2.05, 4.69) is 28.2 Å². The Bertz CT molecular complexity index is 922. The maximum Gasteiger partial charge on any atom is 0.228 e. The molecule has 2 atom stereocenters. The number of fused-ring (bicyclic) bond motifs is 1. The summed E-state index contributed by atoms with van der Waals surface area (Å²) in [5, 5.41) is 5.87. The molecule has 3 aliphatic rings. The molecule has 6 heteroatoms. The van der Waals surface area contributed by atoms with E-state index in [4.69, 9.17) is 16.3 Å². The molecule has 5 nitrogen and oxygen atoms in total. The summed E-state index contributed by atoms with van der Waals surface area (Å²) in [5.41, 5.74) is 1.22. The first-order valence-electron chi connectivity index (χ1n) is 10.8. The number of piperidine rings is 1. The summed E-state index contributed by atoms with van der Waals surface area (Å²) in [6, 6.07) is 6.76. The van der Waals surface area contributed by atoms with Crippen molar-refractivity contribution in [1.29, 1.82) is 0 Å². The van der Waals surface area contributed by atoms with E-state index in [0.717, 1.165) is 67.6 Å². The maximum absolute atomic E-state index is 12.1. The highest BCUT2D eigenvalue weighted by Gasteiger charge is 2.33. The van der Waals surface area contributed by atoms with Gasteiger partial charge in [0.15, 0.2) is 0 Å². The molecule has 3 heterocycles. The molecule has 154 valence electrons. The Kier molecular flexibility index (Phi) is 5.23. The fourth-order valence-corrected chi connectivity index (χ4v) is 5.21. The number of nitrogens with one attached hydrogen (secondary N) is 1. The molecule has 3 fully saturated rings. The largest absolute Gasteiger partial charge is 0.377 e. The number of carbonyl (C=O) groups is 1. The predicted octanol–water partition coefficient (Wildman–Crippen LogP) is 4.59. The van der Waals surface area contributed by atoms with Crippen LogP contribution in [0.15, 0.2) is 24.4 Å². The van der Waals surface area contributed by atoms with Gasteiger partial charge in [0.2, 0.25) is 5.91 Å². The minimum absolute atomic E-state index is 0.0866. The van der Waals surface area contributed by atoms with E-state index in [9.17, 15) is 4.79 Å². The predicted molar refractivity (Wildman–Crippen MR) is 115 cm³/mol. The molecule has 0 bridgehead atoms. The minimum atomic E-state index is 0.0866. The van der Waals surface area contributed by atoms with E-state index in [1.807, 2.05) is 12.1 Å². The number of rotatable bonds is 4. The number of ether oxygens (including phenoxy) is 1. The van der Waals surface area contributed by atoms with Gasteiger partial charge in [-0.2, -0.15) is 0 Å². The summed E-state index contributed by atoms with van der Waals surface area (Å²) >= 11 is 6.67. The number of aromatic nitrogens is 1. The lowest BCUT2D eigenvalue weighted by molar-refractivity contribution is -0.117. The number of hydrogen-bond acceptors (Lipinski definition) is 4. The number of likely N-dealkylation sites (tertiary alicyclic amines) is 1. The van der Waals surface area contributed by atoms with Crippen molar-refractivity contribution < 1.29 is 9.53 Å². The Morgan fingerprint density at radius 1 is 1.14 bits per heavy atom. The lowest BCUT2D eigenvalue weighted by Crippen LogP contribution is -2.44. The number of anilines is 1. The molecule has 1 aliphatic carbocycles. The van der Waals surface area contributed by atoms with Crippen molar-refractivity contribution in [2.45, 2.75) is 57.1 Å². The minimum Gasteiger partial charge on any atom is -0.377 e. The second kappa shape index (κ2) is 7.86. The average molecular weight is 414 g/mol. The number of benzene rings is 1. The fourth-order valence-electron chi connectivity index (χ4n) is 4.88. The van der Waals surface area contributed by atoms with E-state index in [1.54, 1.807) is 6.20 Å². The molecule has 5 rings (SSSR count). The zero-order chi connectivity index (χ0) is 20.0. The van der Waals surface area contributed by atoms with Crippen molar-refractivity contribution in [3.63, 3.8) is 0 Å². The standard InChI is InChI=1S/C23H28ClN3O2/c1-14-21(6-9-29-14)27-7-4-15(5-8-27)19-10-17-12-22(26-23(28)16-2-3-16)25-13-18(17)11-20(19)24/h10-16,21H,2-9H2,1H3,(H,25,26,28). The Labute approximate surface area is 176 Å². The molecule has 1 N–H and O–H groups in total. The van der Waals surface area contributed by atoms with Crippen molar-refractivity contribution in [3.05, 3.63) is 35.0 Å². The van der Waals surface area contributed by atoms with Crippen LogP contribution in [0, 0.1) is 5.92 Å². The van der Waals surface area contributed by atoms with E-state index in [-0.39, 0.29) is 11.8 Å². The molecular weight excluding hydrogens is 386 g/mol. The van der Waals surface area contributed by atoms with E-state index < -0.39 is 0 Å².